The molecule has 3 rings (SSSR count). The van der Waals surface area contributed by atoms with Crippen LogP contribution in [0.5, 0.6) is 0 Å². The Labute approximate surface area is 196 Å². The van der Waals surface area contributed by atoms with Crippen molar-refractivity contribution in [2.24, 2.45) is 10.9 Å². The third kappa shape index (κ3) is 5.73. The van der Waals surface area contributed by atoms with Crippen LogP contribution in [0, 0.1) is 5.92 Å². The lowest BCUT2D eigenvalue weighted by Crippen LogP contribution is -2.44. The second kappa shape index (κ2) is 10.6. The zero-order valence-corrected chi connectivity index (χ0v) is 20.8. The number of amidine groups is 1. The monoisotopic (exact) mass is 477 g/mol. The van der Waals surface area contributed by atoms with Crippen LogP contribution in [0.3, 0.4) is 0 Å². The zero-order valence-electron chi connectivity index (χ0n) is 20.0. The van der Waals surface area contributed by atoms with E-state index < -0.39 is 16.1 Å². The van der Waals surface area contributed by atoms with Gasteiger partial charge >= 0.3 is 0 Å². The highest BCUT2D eigenvalue weighted by atomic mass is 32.2. The Morgan fingerprint density at radius 3 is 2.45 bits per heavy atom. The van der Waals surface area contributed by atoms with Crippen LogP contribution >= 0.6 is 0 Å². The molecule has 33 heavy (non-hydrogen) atoms. The molecule has 0 spiro atoms. The molecule has 1 N–H and O–H groups in total. The van der Waals surface area contributed by atoms with Gasteiger partial charge < -0.3 is 9.80 Å². The van der Waals surface area contributed by atoms with Gasteiger partial charge in [-0.25, -0.2) is 8.42 Å². The van der Waals surface area contributed by atoms with Gasteiger partial charge in [0.1, 0.15) is 11.9 Å². The first-order valence-electron chi connectivity index (χ1n) is 11.7. The second-order valence-corrected chi connectivity index (χ2v) is 10.4. The van der Waals surface area contributed by atoms with Crippen molar-refractivity contribution < 1.29 is 18.0 Å². The Kier molecular flexibility index (Phi) is 8.12. The summed E-state index contributed by atoms with van der Waals surface area (Å²) < 4.78 is 27.3. The normalized spacial score (nSPS) is 20.3. The predicted octanol–water partition coefficient (Wildman–Crippen LogP) is 1.15. The minimum Gasteiger partial charge on any atom is -0.342 e. The minimum absolute atomic E-state index is 0.106. The number of benzene rings is 1. The van der Waals surface area contributed by atoms with Gasteiger partial charge in [-0.3, -0.25) is 24.2 Å². The van der Waals surface area contributed by atoms with Crippen molar-refractivity contribution in [2.75, 3.05) is 45.8 Å². The zero-order chi connectivity index (χ0) is 24.2. The van der Waals surface area contributed by atoms with E-state index in [4.69, 9.17) is 0 Å². The summed E-state index contributed by atoms with van der Waals surface area (Å²) in [5.41, 5.74) is 0.493. The average Bonchev–Trinajstić information content (AvgIpc) is 2.91. The number of carbonyl (C=O) groups excluding carboxylic acids is 2. The van der Waals surface area contributed by atoms with Crippen LogP contribution in [0.15, 0.2) is 34.2 Å². The van der Waals surface area contributed by atoms with E-state index in [0.717, 1.165) is 13.0 Å². The van der Waals surface area contributed by atoms with Crippen molar-refractivity contribution in [3.8, 4) is 0 Å². The van der Waals surface area contributed by atoms with Gasteiger partial charge in [-0.1, -0.05) is 26.0 Å². The summed E-state index contributed by atoms with van der Waals surface area (Å²) in [4.78, 5) is 36.4. The van der Waals surface area contributed by atoms with Gasteiger partial charge in [-0.2, -0.15) is 0 Å². The molecule has 2 amide bonds. The molecule has 10 heteroatoms. The van der Waals surface area contributed by atoms with Crippen LogP contribution < -0.4 is 4.72 Å². The van der Waals surface area contributed by atoms with Gasteiger partial charge in [0.05, 0.1) is 11.4 Å². The molecule has 0 bridgehead atoms. The van der Waals surface area contributed by atoms with Crippen LogP contribution in [-0.2, 0) is 19.6 Å². The fourth-order valence-corrected chi connectivity index (χ4v) is 5.50. The lowest BCUT2D eigenvalue weighted by molar-refractivity contribution is -0.133. The summed E-state index contributed by atoms with van der Waals surface area (Å²) in [6, 6.07) is 5.96. The molecule has 2 aliphatic heterocycles. The highest BCUT2D eigenvalue weighted by molar-refractivity contribution is 7.90. The molecule has 0 aliphatic carbocycles. The van der Waals surface area contributed by atoms with Crippen molar-refractivity contribution >= 4 is 27.7 Å². The SMILES string of the molecule is CCN(CC)C(=O)CN1CCCN(C(=O)C(N=C2NS(=O)(=O)c3ccccc32)C(C)C)CC1. The molecule has 1 unspecified atom stereocenters. The van der Waals surface area contributed by atoms with Crippen LogP contribution in [0.25, 0.3) is 0 Å². The second-order valence-electron chi connectivity index (χ2n) is 8.79. The number of rotatable bonds is 7. The summed E-state index contributed by atoms with van der Waals surface area (Å²) in [6.45, 7) is 12.0. The van der Waals surface area contributed by atoms with Crippen LogP contribution in [0.2, 0.25) is 0 Å². The number of amides is 2. The molecule has 0 saturated carbocycles. The third-order valence-corrected chi connectivity index (χ3v) is 7.59. The maximum Gasteiger partial charge on any atom is 0.263 e. The van der Waals surface area contributed by atoms with Crippen molar-refractivity contribution in [3.05, 3.63) is 29.8 Å². The summed E-state index contributed by atoms with van der Waals surface area (Å²) >= 11 is 0. The van der Waals surface area contributed by atoms with E-state index in [1.165, 1.54) is 6.07 Å². The number of nitrogens with zero attached hydrogens (tertiary/aromatic N) is 4. The number of sulfonamides is 1. The molecule has 1 fully saturated rings. The Hall–Kier alpha value is -2.46. The fourth-order valence-electron chi connectivity index (χ4n) is 4.26. The molecule has 1 saturated heterocycles. The van der Waals surface area contributed by atoms with Crippen molar-refractivity contribution in [1.29, 1.82) is 0 Å². The number of fused-ring (bicyclic) bond motifs is 1. The largest absolute Gasteiger partial charge is 0.342 e. The maximum atomic E-state index is 13.4. The Bertz CT molecular complexity index is 1000. The quantitative estimate of drug-likeness (QED) is 0.635. The van der Waals surface area contributed by atoms with Gasteiger partial charge in [0.25, 0.3) is 10.0 Å². The van der Waals surface area contributed by atoms with Crippen LogP contribution in [0.4, 0.5) is 0 Å². The molecule has 1 atom stereocenters. The summed E-state index contributed by atoms with van der Waals surface area (Å²) in [6.07, 6.45) is 0.772. The van der Waals surface area contributed by atoms with Crippen LogP contribution in [0.1, 0.15) is 39.7 Å². The van der Waals surface area contributed by atoms with Gasteiger partial charge in [-0.15, -0.1) is 0 Å². The van der Waals surface area contributed by atoms with Crippen LogP contribution in [-0.4, -0.2) is 92.6 Å². The highest BCUT2D eigenvalue weighted by Crippen LogP contribution is 2.24. The third-order valence-electron chi connectivity index (χ3n) is 6.19. The number of hydrogen-bond donors (Lipinski definition) is 1. The van der Waals surface area contributed by atoms with Gasteiger partial charge in [0, 0.05) is 44.8 Å². The van der Waals surface area contributed by atoms with E-state index in [1.54, 1.807) is 23.1 Å². The summed E-state index contributed by atoms with van der Waals surface area (Å²) in [7, 11) is -3.66. The molecule has 1 aromatic carbocycles. The minimum atomic E-state index is -3.66. The van der Waals surface area contributed by atoms with Gasteiger partial charge in [-0.05, 0) is 38.3 Å². The lowest BCUT2D eigenvalue weighted by atomic mass is 10.0. The Morgan fingerprint density at radius 1 is 1.09 bits per heavy atom. The van der Waals surface area contributed by atoms with E-state index in [1.807, 2.05) is 32.6 Å². The smallest absolute Gasteiger partial charge is 0.263 e. The molecule has 1 aromatic rings. The van der Waals surface area contributed by atoms with Gasteiger partial charge in [0.2, 0.25) is 11.8 Å². The lowest BCUT2D eigenvalue weighted by Gasteiger charge is -2.27. The van der Waals surface area contributed by atoms with E-state index in [-0.39, 0.29) is 28.5 Å². The average molecular weight is 478 g/mol. The standard InChI is InChI=1S/C23H35N5O4S/c1-5-27(6-2)20(29)16-26-12-9-13-28(15-14-26)23(30)21(17(3)4)24-22-18-10-7-8-11-19(18)33(31,32)25-22/h7-8,10-11,17,21H,5-6,9,12-16H2,1-4H3,(H,24,25). The summed E-state index contributed by atoms with van der Waals surface area (Å²) in [5.74, 6) is 0.112. The van der Waals surface area contributed by atoms with Crippen molar-refractivity contribution in [2.45, 2.75) is 45.1 Å². The fraction of sp³-hybridized carbons (Fsp3) is 0.609. The molecular formula is C23H35N5O4S. The molecule has 9 nitrogen and oxygen atoms in total. The van der Waals surface area contributed by atoms with E-state index >= 15 is 0 Å². The van der Waals surface area contributed by atoms with Crippen molar-refractivity contribution in [1.82, 2.24) is 19.4 Å². The number of carbonyl (C=O) groups is 2. The first-order valence-corrected chi connectivity index (χ1v) is 13.1. The van der Waals surface area contributed by atoms with E-state index in [2.05, 4.69) is 14.6 Å². The summed E-state index contributed by atoms with van der Waals surface area (Å²) in [5, 5.41) is 0. The number of aliphatic imine (C=N–C) groups is 1. The molecule has 2 heterocycles. The topological polar surface area (TPSA) is 102 Å². The first kappa shape index (κ1) is 25.2. The first-order chi connectivity index (χ1) is 15.7. The number of nitrogens with one attached hydrogen (secondary N) is 1. The highest BCUT2D eigenvalue weighted by Gasteiger charge is 2.34. The number of likely N-dealkylation sites (N-methyl/N-ethyl adjacent to an activating group) is 1. The van der Waals surface area contributed by atoms with Gasteiger partial charge in [0.15, 0.2) is 0 Å². The molecular weight excluding hydrogens is 442 g/mol. The van der Waals surface area contributed by atoms with Crippen molar-refractivity contribution in [3.63, 3.8) is 0 Å². The molecule has 182 valence electrons. The Morgan fingerprint density at radius 2 is 1.79 bits per heavy atom. The van der Waals surface area contributed by atoms with E-state index in [9.17, 15) is 18.0 Å². The maximum absolute atomic E-state index is 13.4. The number of hydrogen-bond acceptors (Lipinski definition) is 6. The molecule has 2 aliphatic rings. The molecule has 0 radical (unpaired) electrons. The Balaban J connectivity index is 1.72. The molecule has 0 aromatic heterocycles. The predicted molar refractivity (Wildman–Crippen MR) is 127 cm³/mol. The van der Waals surface area contributed by atoms with E-state index in [0.29, 0.717) is 44.8 Å².